The van der Waals surface area contributed by atoms with E-state index in [1.54, 1.807) is 12.1 Å². The van der Waals surface area contributed by atoms with Crippen LogP contribution >= 0.6 is 12.4 Å². The Labute approximate surface area is 101 Å². The molecule has 74 valence electrons. The molecule has 6 heteroatoms. The van der Waals surface area contributed by atoms with Crippen LogP contribution in [0.5, 0.6) is 0 Å². The molecule has 0 aliphatic carbocycles. The first-order valence-corrected chi connectivity index (χ1v) is 4.48. The van der Waals surface area contributed by atoms with Crippen LogP contribution in [0, 0.1) is 6.92 Å². The van der Waals surface area contributed by atoms with Gasteiger partial charge in [-0.05, 0) is 19.1 Å². The average Bonchev–Trinajstić information content (AvgIpc) is 1.86. The Morgan fingerprint density at radius 3 is 1.85 bits per heavy atom. The molecule has 0 aliphatic rings. The summed E-state index contributed by atoms with van der Waals surface area (Å²) in [6.45, 7) is 1.84. The molecule has 0 heterocycles. The third-order valence-corrected chi connectivity index (χ3v) is 2.19. The van der Waals surface area contributed by atoms with E-state index in [1.165, 1.54) is 12.1 Å². The molecule has 2 radical (unpaired) electrons. The first kappa shape index (κ1) is 15.7. The van der Waals surface area contributed by atoms with E-state index in [4.69, 9.17) is 4.55 Å². The van der Waals surface area contributed by atoms with Gasteiger partial charge in [0.1, 0.15) is 0 Å². The topological polar surface area (TPSA) is 54.4 Å². The van der Waals surface area contributed by atoms with Crippen molar-refractivity contribution in [2.75, 3.05) is 0 Å². The summed E-state index contributed by atoms with van der Waals surface area (Å²) >= 11 is 0. The fourth-order valence-electron chi connectivity index (χ4n) is 0.710. The molecule has 0 aromatic heterocycles. The molecule has 1 aromatic carbocycles. The maximum absolute atomic E-state index is 10.5. The second-order valence-electron chi connectivity index (χ2n) is 2.29. The number of aryl methyl sites for hydroxylation is 1. The van der Waals surface area contributed by atoms with Gasteiger partial charge in [-0.2, -0.15) is 8.42 Å². The Morgan fingerprint density at radius 1 is 1.15 bits per heavy atom. The molecule has 0 unspecified atom stereocenters. The van der Waals surface area contributed by atoms with Crippen molar-refractivity contribution in [2.45, 2.75) is 11.8 Å². The zero-order valence-corrected chi connectivity index (χ0v) is 12.8. The first-order valence-electron chi connectivity index (χ1n) is 3.04. The van der Waals surface area contributed by atoms with E-state index < -0.39 is 10.1 Å². The molecule has 0 aliphatic heterocycles. The Bertz CT molecular complexity index is 347. The van der Waals surface area contributed by atoms with Crippen LogP contribution in [0.1, 0.15) is 5.56 Å². The second-order valence-corrected chi connectivity index (χ2v) is 3.71. The fourth-order valence-corrected chi connectivity index (χ4v) is 1.19. The molecule has 0 fully saturated rings. The molecular formula is C7H11ClO3SSn. The molecule has 1 N–H and O–H groups in total. The van der Waals surface area contributed by atoms with Gasteiger partial charge in [0.2, 0.25) is 0 Å². The molecule has 0 atom stereocenters. The van der Waals surface area contributed by atoms with Crippen molar-refractivity contribution in [3.63, 3.8) is 0 Å². The normalized spacial score (nSPS) is 9.69. The molecule has 0 spiro atoms. The van der Waals surface area contributed by atoms with Crippen LogP contribution in [-0.2, 0) is 10.1 Å². The molecule has 0 saturated heterocycles. The van der Waals surface area contributed by atoms with Gasteiger partial charge in [0, 0.05) is 0 Å². The Kier molecular flexibility index (Phi) is 7.05. The summed E-state index contributed by atoms with van der Waals surface area (Å²) in [6, 6.07) is 5.99. The van der Waals surface area contributed by atoms with E-state index in [2.05, 4.69) is 0 Å². The zero-order valence-electron chi connectivity index (χ0n) is 7.10. The van der Waals surface area contributed by atoms with Crippen molar-refractivity contribution in [3.8, 4) is 0 Å². The molecule has 0 bridgehead atoms. The van der Waals surface area contributed by atoms with Crippen LogP contribution in [0.25, 0.3) is 0 Å². The number of hydrogen-bond donors (Lipinski definition) is 1. The molecular weight excluding hydrogens is 318 g/mol. The molecule has 1 aromatic rings. The Morgan fingerprint density at radius 2 is 1.54 bits per heavy atom. The molecule has 13 heavy (non-hydrogen) atoms. The number of hydrogen-bond acceptors (Lipinski definition) is 2. The van der Waals surface area contributed by atoms with Crippen LogP contribution in [0.3, 0.4) is 0 Å². The maximum atomic E-state index is 10.5. The first-order chi connectivity index (χ1) is 5.00. The summed E-state index contributed by atoms with van der Waals surface area (Å²) in [4.78, 5) is -0.0666. The monoisotopic (exact) mass is 330 g/mol. The van der Waals surface area contributed by atoms with Crippen molar-refractivity contribution >= 4 is 46.4 Å². The fraction of sp³-hybridized carbons (Fsp3) is 0.143. The summed E-state index contributed by atoms with van der Waals surface area (Å²) in [5.74, 6) is 0. The van der Waals surface area contributed by atoms with Gasteiger partial charge in [0.05, 0.1) is 4.90 Å². The van der Waals surface area contributed by atoms with E-state index in [-0.39, 0.29) is 41.2 Å². The van der Waals surface area contributed by atoms with Gasteiger partial charge in [0.25, 0.3) is 10.1 Å². The summed E-state index contributed by atoms with van der Waals surface area (Å²) in [5.41, 5.74) is 0.956. The van der Waals surface area contributed by atoms with Crippen LogP contribution in [0.4, 0.5) is 0 Å². The van der Waals surface area contributed by atoms with E-state index in [1.807, 2.05) is 6.92 Å². The third-order valence-electron chi connectivity index (χ3n) is 1.32. The van der Waals surface area contributed by atoms with Crippen molar-refractivity contribution in [3.05, 3.63) is 29.8 Å². The van der Waals surface area contributed by atoms with Crippen LogP contribution in [0.15, 0.2) is 29.2 Å². The summed E-state index contributed by atoms with van der Waals surface area (Å²) in [6.07, 6.45) is 0. The molecule has 1 rings (SSSR count). The quantitative estimate of drug-likeness (QED) is 0.611. The van der Waals surface area contributed by atoms with E-state index >= 15 is 0 Å². The van der Waals surface area contributed by atoms with Crippen molar-refractivity contribution in [1.29, 1.82) is 0 Å². The zero-order chi connectivity index (χ0) is 8.48. The molecule has 0 saturated carbocycles. The predicted octanol–water partition coefficient (Wildman–Crippen LogP) is 0.747. The van der Waals surface area contributed by atoms with Gasteiger partial charge in [0.15, 0.2) is 0 Å². The summed E-state index contributed by atoms with van der Waals surface area (Å²) < 4.78 is 29.6. The van der Waals surface area contributed by atoms with Crippen molar-refractivity contribution in [2.24, 2.45) is 0 Å². The van der Waals surface area contributed by atoms with Gasteiger partial charge in [-0.25, -0.2) is 0 Å². The van der Waals surface area contributed by atoms with Gasteiger partial charge < -0.3 is 0 Å². The Balaban J connectivity index is 0. The van der Waals surface area contributed by atoms with Crippen LogP contribution in [0.2, 0.25) is 0 Å². The van der Waals surface area contributed by atoms with E-state index in [0.717, 1.165) is 5.56 Å². The molecule has 0 amide bonds. The standard InChI is InChI=1S/C7H8O3S.ClH.Sn.2H/c1-6-2-4-7(5-3-6)11(8,9)10;;;;/h2-5H,1H3,(H,8,9,10);1H;;;. The predicted molar refractivity (Wildman–Crippen MR) is 56.8 cm³/mol. The molecule has 3 nitrogen and oxygen atoms in total. The number of halogens is 1. The second kappa shape index (κ2) is 5.85. The average molecular weight is 329 g/mol. The van der Waals surface area contributed by atoms with Crippen LogP contribution in [-0.4, -0.2) is 36.9 Å². The third kappa shape index (κ3) is 4.85. The van der Waals surface area contributed by atoms with E-state index in [9.17, 15) is 8.42 Å². The van der Waals surface area contributed by atoms with Gasteiger partial charge in [-0.15, -0.1) is 12.4 Å². The summed E-state index contributed by atoms with van der Waals surface area (Å²) in [7, 11) is -4.02. The van der Waals surface area contributed by atoms with Gasteiger partial charge in [-0.3, -0.25) is 4.55 Å². The van der Waals surface area contributed by atoms with E-state index in [0.29, 0.717) is 0 Å². The van der Waals surface area contributed by atoms with Crippen molar-refractivity contribution < 1.29 is 13.0 Å². The number of rotatable bonds is 1. The van der Waals surface area contributed by atoms with Gasteiger partial charge in [-0.1, -0.05) is 17.7 Å². The van der Waals surface area contributed by atoms with Crippen molar-refractivity contribution in [1.82, 2.24) is 0 Å². The SMILES string of the molecule is Cc1ccc(S(=O)(=O)O)cc1.Cl.[SnH2]. The number of benzene rings is 1. The summed E-state index contributed by atoms with van der Waals surface area (Å²) in [5, 5.41) is 0. The van der Waals surface area contributed by atoms with Crippen LogP contribution < -0.4 is 0 Å². The minimum absolute atomic E-state index is 0. The minimum atomic E-state index is -4.02. The Hall–Kier alpha value is 0.219. The van der Waals surface area contributed by atoms with Gasteiger partial charge >= 0.3 is 23.9 Å².